The zero-order valence-electron chi connectivity index (χ0n) is 17.6. The van der Waals surface area contributed by atoms with Gasteiger partial charge in [-0.15, -0.1) is 0 Å². The molecule has 0 saturated carbocycles. The summed E-state index contributed by atoms with van der Waals surface area (Å²) < 4.78 is 5.83. The Bertz CT molecular complexity index is 1040. The highest BCUT2D eigenvalue weighted by Gasteiger charge is 2.23. The largest absolute Gasteiger partial charge is 0.481 e. The van der Waals surface area contributed by atoms with E-state index in [1.54, 1.807) is 0 Å². The number of aryl methyl sites for hydroxylation is 2. The van der Waals surface area contributed by atoms with Crippen LogP contribution in [0.1, 0.15) is 61.5 Å². The first-order valence-electron chi connectivity index (χ1n) is 11.0. The molecule has 1 aromatic carbocycles. The van der Waals surface area contributed by atoms with Crippen molar-refractivity contribution in [2.24, 2.45) is 0 Å². The molecule has 1 atom stereocenters. The number of hydrogen-bond donors (Lipinski definition) is 2. The van der Waals surface area contributed by atoms with Gasteiger partial charge in [0.25, 0.3) is 0 Å². The molecule has 0 bridgehead atoms. The number of unbranched alkanes of at least 4 members (excludes halogenated alkanes) is 1. The number of hydrogen-bond acceptors (Lipinski definition) is 5. The third kappa shape index (κ3) is 5.51. The lowest BCUT2D eigenvalue weighted by molar-refractivity contribution is -0.137. The Morgan fingerprint density at radius 1 is 1.13 bits per heavy atom. The van der Waals surface area contributed by atoms with Crippen molar-refractivity contribution in [2.45, 2.75) is 57.3 Å². The molecule has 3 aromatic rings. The topological polar surface area (TPSA) is 92.4 Å². The summed E-state index contributed by atoms with van der Waals surface area (Å²) in [4.78, 5) is 28.6. The van der Waals surface area contributed by atoms with Crippen LogP contribution in [-0.4, -0.2) is 28.4 Å². The summed E-state index contributed by atoms with van der Waals surface area (Å²) in [5, 5.41) is 13.6. The summed E-state index contributed by atoms with van der Waals surface area (Å²) in [6.07, 6.45) is 5.23. The number of Topliss-reactive ketones (excluding diaryl/α,β-unsaturated/α-hetero) is 1. The molecule has 0 radical (unpaired) electrons. The molecule has 6 nitrogen and oxygen atoms in total. The van der Waals surface area contributed by atoms with Crippen LogP contribution in [0.15, 0.2) is 46.9 Å². The zero-order valence-corrected chi connectivity index (χ0v) is 17.6. The minimum absolute atomic E-state index is 0.0757. The third-order valence-electron chi connectivity index (χ3n) is 5.83. The number of ketones is 1. The summed E-state index contributed by atoms with van der Waals surface area (Å²) in [5.74, 6) is 0.285. The molecule has 0 unspecified atom stereocenters. The second-order valence-electron chi connectivity index (χ2n) is 8.27. The number of furan rings is 1. The Morgan fingerprint density at radius 3 is 2.84 bits per heavy atom. The van der Waals surface area contributed by atoms with Gasteiger partial charge in [-0.2, -0.15) is 0 Å². The Hall–Kier alpha value is -3.15. The van der Waals surface area contributed by atoms with Crippen LogP contribution in [0, 0.1) is 0 Å². The van der Waals surface area contributed by atoms with Crippen LogP contribution < -0.4 is 5.32 Å². The number of carbonyl (C=O) groups is 2. The number of nitrogens with zero attached hydrogens (tertiary/aromatic N) is 1. The highest BCUT2D eigenvalue weighted by atomic mass is 16.4. The maximum absolute atomic E-state index is 12.6. The molecule has 2 N–H and O–H groups in total. The normalized spacial score (nSPS) is 14.1. The maximum Gasteiger partial charge on any atom is 0.304 e. The van der Waals surface area contributed by atoms with Gasteiger partial charge in [0.05, 0.1) is 6.42 Å². The molecular weight excluding hydrogens is 392 g/mol. The lowest BCUT2D eigenvalue weighted by atomic mass is 9.93. The number of rotatable bonds is 10. The van der Waals surface area contributed by atoms with Gasteiger partial charge in [0.1, 0.15) is 22.9 Å². The Morgan fingerprint density at radius 2 is 2.00 bits per heavy atom. The first-order valence-corrected chi connectivity index (χ1v) is 11.0. The fraction of sp³-hybridized carbons (Fsp3) is 0.400. The number of carbonyl (C=O) groups excluding carboxylic acids is 1. The number of pyridine rings is 1. The number of carboxylic acids is 1. The minimum Gasteiger partial charge on any atom is -0.481 e. The van der Waals surface area contributed by atoms with E-state index < -0.39 is 11.9 Å². The van der Waals surface area contributed by atoms with Crippen LogP contribution in [0.25, 0.3) is 11.0 Å². The van der Waals surface area contributed by atoms with Crippen molar-refractivity contribution in [2.75, 3.05) is 11.9 Å². The van der Waals surface area contributed by atoms with Crippen molar-refractivity contribution < 1.29 is 19.1 Å². The SMILES string of the molecule is O=C(O)C[C@@H](CC(=O)CCCCc1ccc2c(n1)NCCC2)c1cc2ccccc2o1. The predicted molar refractivity (Wildman–Crippen MR) is 119 cm³/mol. The van der Waals surface area contributed by atoms with Gasteiger partial charge in [-0.25, -0.2) is 4.98 Å². The van der Waals surface area contributed by atoms with E-state index in [9.17, 15) is 14.7 Å². The van der Waals surface area contributed by atoms with Crippen LogP contribution in [-0.2, 0) is 22.4 Å². The Balaban J connectivity index is 1.29. The Kier molecular flexibility index (Phi) is 6.65. The number of carboxylic acid groups (broad SMARTS) is 1. The highest BCUT2D eigenvalue weighted by molar-refractivity contribution is 5.82. The van der Waals surface area contributed by atoms with Gasteiger partial charge in [-0.1, -0.05) is 24.3 Å². The lowest BCUT2D eigenvalue weighted by Gasteiger charge is -2.17. The number of benzene rings is 1. The van der Waals surface area contributed by atoms with Gasteiger partial charge < -0.3 is 14.8 Å². The molecule has 0 spiro atoms. The summed E-state index contributed by atoms with van der Waals surface area (Å²) in [6.45, 7) is 0.973. The number of anilines is 1. The van der Waals surface area contributed by atoms with E-state index in [0.717, 1.165) is 55.5 Å². The van der Waals surface area contributed by atoms with Crippen molar-refractivity contribution in [3.05, 3.63) is 59.5 Å². The van der Waals surface area contributed by atoms with Gasteiger partial charge in [0, 0.05) is 36.4 Å². The average molecular weight is 421 g/mol. The predicted octanol–water partition coefficient (Wildman–Crippen LogP) is 5.12. The standard InChI is InChI=1S/C25H28N2O4/c28-21(9-3-2-8-20-12-11-17-7-5-13-26-25(17)27-20)14-19(16-24(29)30)23-15-18-6-1-4-10-22(18)31-23/h1,4,6,10-12,15,19H,2-3,5,7-9,13-14,16H2,(H,26,27)(H,29,30)/t19-/m1/s1. The summed E-state index contributed by atoms with van der Waals surface area (Å²) in [5.41, 5.74) is 3.04. The minimum atomic E-state index is -0.926. The molecule has 0 fully saturated rings. The molecule has 6 heteroatoms. The van der Waals surface area contributed by atoms with Gasteiger partial charge in [-0.3, -0.25) is 9.59 Å². The fourth-order valence-electron chi connectivity index (χ4n) is 4.20. The molecule has 0 aliphatic carbocycles. The molecule has 1 aliphatic heterocycles. The molecule has 0 saturated heterocycles. The summed E-state index contributed by atoms with van der Waals surface area (Å²) >= 11 is 0. The smallest absolute Gasteiger partial charge is 0.304 e. The van der Waals surface area contributed by atoms with E-state index in [1.807, 2.05) is 30.3 Å². The number of para-hydroxylation sites is 1. The first kappa shape index (κ1) is 21.1. The van der Waals surface area contributed by atoms with E-state index in [4.69, 9.17) is 9.40 Å². The van der Waals surface area contributed by atoms with Gasteiger partial charge in [0.15, 0.2) is 0 Å². The number of aromatic nitrogens is 1. The second-order valence-corrected chi connectivity index (χ2v) is 8.27. The molecule has 0 amide bonds. The van der Waals surface area contributed by atoms with Crippen LogP contribution >= 0.6 is 0 Å². The summed E-state index contributed by atoms with van der Waals surface area (Å²) in [7, 11) is 0. The zero-order chi connectivity index (χ0) is 21.6. The molecule has 2 aromatic heterocycles. The molecule has 162 valence electrons. The van der Waals surface area contributed by atoms with Gasteiger partial charge in [-0.05, 0) is 55.9 Å². The summed E-state index contributed by atoms with van der Waals surface area (Å²) in [6, 6.07) is 13.6. The van der Waals surface area contributed by atoms with E-state index in [-0.39, 0.29) is 18.6 Å². The van der Waals surface area contributed by atoms with E-state index in [2.05, 4.69) is 17.4 Å². The van der Waals surface area contributed by atoms with Crippen molar-refractivity contribution in [1.82, 2.24) is 4.98 Å². The van der Waals surface area contributed by atoms with Gasteiger partial charge >= 0.3 is 5.97 Å². The monoisotopic (exact) mass is 420 g/mol. The number of fused-ring (bicyclic) bond motifs is 2. The fourth-order valence-corrected chi connectivity index (χ4v) is 4.20. The van der Waals surface area contributed by atoms with Crippen molar-refractivity contribution in [3.63, 3.8) is 0 Å². The van der Waals surface area contributed by atoms with Crippen LogP contribution in [0.2, 0.25) is 0 Å². The maximum atomic E-state index is 12.6. The van der Waals surface area contributed by atoms with Gasteiger partial charge in [0.2, 0.25) is 0 Å². The highest BCUT2D eigenvalue weighted by Crippen LogP contribution is 2.30. The first-order chi connectivity index (χ1) is 15.1. The average Bonchev–Trinajstić information content (AvgIpc) is 3.20. The number of aliphatic carboxylic acids is 1. The molecule has 4 rings (SSSR count). The van der Waals surface area contributed by atoms with E-state index in [1.165, 1.54) is 5.56 Å². The lowest BCUT2D eigenvalue weighted by Crippen LogP contribution is -2.14. The van der Waals surface area contributed by atoms with Crippen molar-refractivity contribution >= 4 is 28.5 Å². The quantitative estimate of drug-likeness (QED) is 0.443. The molecule has 31 heavy (non-hydrogen) atoms. The third-order valence-corrected chi connectivity index (χ3v) is 5.83. The van der Waals surface area contributed by atoms with Crippen molar-refractivity contribution in [1.29, 1.82) is 0 Å². The second kappa shape index (κ2) is 9.77. The van der Waals surface area contributed by atoms with Crippen molar-refractivity contribution in [3.8, 4) is 0 Å². The molecule has 3 heterocycles. The van der Waals surface area contributed by atoms with Crippen LogP contribution in [0.5, 0.6) is 0 Å². The van der Waals surface area contributed by atoms with Crippen LogP contribution in [0.3, 0.4) is 0 Å². The Labute approximate surface area is 181 Å². The molecular formula is C25H28N2O4. The number of nitrogens with one attached hydrogen (secondary N) is 1. The molecule has 1 aliphatic rings. The van der Waals surface area contributed by atoms with Crippen LogP contribution in [0.4, 0.5) is 5.82 Å². The van der Waals surface area contributed by atoms with E-state index >= 15 is 0 Å². The van der Waals surface area contributed by atoms with E-state index in [0.29, 0.717) is 17.8 Å².